The molecule has 142 valence electrons. The minimum absolute atomic E-state index is 0.128. The number of amides is 2. The fourth-order valence-corrected chi connectivity index (χ4v) is 3.98. The molecule has 0 saturated carbocycles. The summed E-state index contributed by atoms with van der Waals surface area (Å²) in [6, 6.07) is 8.35. The van der Waals surface area contributed by atoms with Gasteiger partial charge in [-0.3, -0.25) is 4.79 Å². The maximum atomic E-state index is 13.1. The van der Waals surface area contributed by atoms with Crippen LogP contribution in [-0.4, -0.2) is 55.7 Å². The molecule has 2 aliphatic heterocycles. The molecule has 3 rings (SSSR count). The molecule has 2 fully saturated rings. The maximum Gasteiger partial charge on any atom is 0.407 e. The second-order valence-electron chi connectivity index (χ2n) is 7.26. The van der Waals surface area contributed by atoms with Crippen LogP contribution in [0.5, 0.6) is 0 Å². The van der Waals surface area contributed by atoms with Gasteiger partial charge in [-0.15, -0.1) is 0 Å². The van der Waals surface area contributed by atoms with Crippen molar-refractivity contribution in [3.63, 3.8) is 0 Å². The van der Waals surface area contributed by atoms with Gasteiger partial charge in [0.1, 0.15) is 0 Å². The lowest BCUT2D eigenvalue weighted by atomic mass is 10.00. The van der Waals surface area contributed by atoms with Crippen molar-refractivity contribution < 1.29 is 14.3 Å². The van der Waals surface area contributed by atoms with E-state index in [-0.39, 0.29) is 18.0 Å². The molecule has 0 aliphatic carbocycles. The Kier molecular flexibility index (Phi) is 6.01. The number of ether oxygens (including phenoxy) is 1. The summed E-state index contributed by atoms with van der Waals surface area (Å²) in [5.41, 5.74) is 1.80. The third-order valence-corrected chi connectivity index (χ3v) is 5.54. The van der Waals surface area contributed by atoms with Crippen molar-refractivity contribution in [3.05, 3.63) is 29.8 Å². The standard InChI is InChI=1S/C20H29N3O3/c1-15-7-5-6-12-23(15)19(24)17-8-3-4-9-18(17)22-13-10-16(11-14-22)21-20(25)26-2/h3-4,8-9,15-16H,5-7,10-14H2,1-2H3,(H,21,25)/t15-/m1/s1. The van der Waals surface area contributed by atoms with Crippen LogP contribution < -0.4 is 10.2 Å². The predicted molar refractivity (Wildman–Crippen MR) is 102 cm³/mol. The highest BCUT2D eigenvalue weighted by molar-refractivity contribution is 6.00. The van der Waals surface area contributed by atoms with Crippen LogP contribution in [-0.2, 0) is 4.74 Å². The van der Waals surface area contributed by atoms with Crippen molar-refractivity contribution in [2.75, 3.05) is 31.6 Å². The number of hydrogen-bond acceptors (Lipinski definition) is 4. The van der Waals surface area contributed by atoms with Crippen LogP contribution >= 0.6 is 0 Å². The van der Waals surface area contributed by atoms with Crippen LogP contribution in [0, 0.1) is 0 Å². The molecular weight excluding hydrogens is 330 g/mol. The molecule has 1 aromatic carbocycles. The molecular formula is C20H29N3O3. The summed E-state index contributed by atoms with van der Waals surface area (Å²) in [7, 11) is 1.38. The molecule has 2 aliphatic rings. The first-order valence-corrected chi connectivity index (χ1v) is 9.59. The van der Waals surface area contributed by atoms with Gasteiger partial charge in [-0.1, -0.05) is 12.1 Å². The monoisotopic (exact) mass is 359 g/mol. The van der Waals surface area contributed by atoms with Crippen molar-refractivity contribution in [3.8, 4) is 0 Å². The second-order valence-corrected chi connectivity index (χ2v) is 7.26. The smallest absolute Gasteiger partial charge is 0.407 e. The third kappa shape index (κ3) is 4.11. The molecule has 6 heteroatoms. The first kappa shape index (κ1) is 18.5. The Labute approximate surface area is 155 Å². The Hall–Kier alpha value is -2.24. The molecule has 1 aromatic rings. The van der Waals surface area contributed by atoms with Crippen molar-refractivity contribution in [2.24, 2.45) is 0 Å². The minimum Gasteiger partial charge on any atom is -0.453 e. The van der Waals surface area contributed by atoms with E-state index in [1.165, 1.54) is 13.5 Å². The van der Waals surface area contributed by atoms with Crippen molar-refractivity contribution in [1.29, 1.82) is 0 Å². The van der Waals surface area contributed by atoms with E-state index in [4.69, 9.17) is 0 Å². The first-order valence-electron chi connectivity index (χ1n) is 9.59. The van der Waals surface area contributed by atoms with E-state index in [9.17, 15) is 9.59 Å². The van der Waals surface area contributed by atoms with E-state index in [1.54, 1.807) is 0 Å². The summed E-state index contributed by atoms with van der Waals surface area (Å²) in [5.74, 6) is 0.141. The molecule has 0 spiro atoms. The highest BCUT2D eigenvalue weighted by Gasteiger charge is 2.28. The van der Waals surface area contributed by atoms with E-state index in [0.29, 0.717) is 6.04 Å². The van der Waals surface area contributed by atoms with Gasteiger partial charge in [0.15, 0.2) is 0 Å². The quantitative estimate of drug-likeness (QED) is 0.901. The number of carbonyl (C=O) groups is 2. The molecule has 0 bridgehead atoms. The number of anilines is 1. The van der Waals surface area contributed by atoms with E-state index in [0.717, 1.165) is 56.6 Å². The molecule has 26 heavy (non-hydrogen) atoms. The van der Waals surface area contributed by atoms with Gasteiger partial charge in [0.25, 0.3) is 5.91 Å². The zero-order valence-corrected chi connectivity index (χ0v) is 15.7. The zero-order chi connectivity index (χ0) is 18.5. The number of methoxy groups -OCH3 is 1. The van der Waals surface area contributed by atoms with Gasteiger partial charge in [-0.05, 0) is 51.2 Å². The summed E-state index contributed by atoms with van der Waals surface area (Å²) in [6.07, 6.45) is 4.68. The molecule has 0 unspecified atom stereocenters. The van der Waals surface area contributed by atoms with Gasteiger partial charge >= 0.3 is 6.09 Å². The largest absolute Gasteiger partial charge is 0.453 e. The summed E-state index contributed by atoms with van der Waals surface area (Å²) in [4.78, 5) is 28.8. The lowest BCUT2D eigenvalue weighted by Gasteiger charge is -2.37. The third-order valence-electron chi connectivity index (χ3n) is 5.54. The Morgan fingerprint density at radius 1 is 1.08 bits per heavy atom. The Morgan fingerprint density at radius 2 is 1.81 bits per heavy atom. The minimum atomic E-state index is -0.377. The Morgan fingerprint density at radius 3 is 2.50 bits per heavy atom. The van der Waals surface area contributed by atoms with Gasteiger partial charge in [0.2, 0.25) is 0 Å². The molecule has 6 nitrogen and oxygen atoms in total. The topological polar surface area (TPSA) is 61.9 Å². The van der Waals surface area contributed by atoms with Crippen molar-refractivity contribution in [2.45, 2.75) is 51.1 Å². The SMILES string of the molecule is COC(=O)NC1CCN(c2ccccc2C(=O)N2CCCC[C@H]2C)CC1. The normalized spacial score (nSPS) is 21.4. The molecule has 0 radical (unpaired) electrons. The van der Waals surface area contributed by atoms with E-state index in [1.807, 2.05) is 29.2 Å². The van der Waals surface area contributed by atoms with Crippen LogP contribution in [0.25, 0.3) is 0 Å². The zero-order valence-electron chi connectivity index (χ0n) is 15.7. The van der Waals surface area contributed by atoms with Crippen molar-refractivity contribution >= 4 is 17.7 Å². The van der Waals surface area contributed by atoms with Crippen LogP contribution in [0.1, 0.15) is 49.4 Å². The number of para-hydroxylation sites is 1. The number of nitrogens with one attached hydrogen (secondary N) is 1. The summed E-state index contributed by atoms with van der Waals surface area (Å²) in [6.45, 7) is 4.62. The van der Waals surface area contributed by atoms with Crippen LogP contribution in [0.3, 0.4) is 0 Å². The number of carbonyl (C=O) groups excluding carboxylic acids is 2. The summed E-state index contributed by atoms with van der Waals surface area (Å²) >= 11 is 0. The molecule has 1 N–H and O–H groups in total. The molecule has 1 atom stereocenters. The maximum absolute atomic E-state index is 13.1. The number of benzene rings is 1. The fourth-order valence-electron chi connectivity index (χ4n) is 3.98. The molecule has 2 amide bonds. The van der Waals surface area contributed by atoms with Gasteiger partial charge in [-0.2, -0.15) is 0 Å². The van der Waals surface area contributed by atoms with Crippen molar-refractivity contribution in [1.82, 2.24) is 10.2 Å². The van der Waals surface area contributed by atoms with Gasteiger partial charge in [-0.25, -0.2) is 4.79 Å². The average Bonchev–Trinajstić information content (AvgIpc) is 2.68. The highest BCUT2D eigenvalue weighted by atomic mass is 16.5. The van der Waals surface area contributed by atoms with E-state index >= 15 is 0 Å². The highest BCUT2D eigenvalue weighted by Crippen LogP contribution is 2.27. The number of alkyl carbamates (subject to hydrolysis) is 1. The van der Waals surface area contributed by atoms with E-state index in [2.05, 4.69) is 21.9 Å². The number of hydrogen-bond donors (Lipinski definition) is 1. The Bertz CT molecular complexity index is 641. The van der Waals surface area contributed by atoms with Gasteiger partial charge in [0.05, 0.1) is 12.7 Å². The molecule has 2 heterocycles. The van der Waals surface area contributed by atoms with Crippen LogP contribution in [0.2, 0.25) is 0 Å². The number of likely N-dealkylation sites (tertiary alicyclic amines) is 1. The van der Waals surface area contributed by atoms with Crippen LogP contribution in [0.15, 0.2) is 24.3 Å². The molecule has 0 aromatic heterocycles. The second kappa shape index (κ2) is 8.43. The fraction of sp³-hybridized carbons (Fsp3) is 0.600. The van der Waals surface area contributed by atoms with Gasteiger partial charge < -0.3 is 19.9 Å². The lowest BCUT2D eigenvalue weighted by molar-refractivity contribution is 0.0636. The Balaban J connectivity index is 1.70. The average molecular weight is 359 g/mol. The number of piperidine rings is 2. The van der Waals surface area contributed by atoms with Gasteiger partial charge in [0, 0.05) is 37.4 Å². The van der Waals surface area contributed by atoms with Crippen LogP contribution in [0.4, 0.5) is 10.5 Å². The first-order chi connectivity index (χ1) is 12.6. The molecule has 2 saturated heterocycles. The lowest BCUT2D eigenvalue weighted by Crippen LogP contribution is -2.46. The summed E-state index contributed by atoms with van der Waals surface area (Å²) < 4.78 is 4.68. The number of nitrogens with zero attached hydrogens (tertiary/aromatic N) is 2. The van der Waals surface area contributed by atoms with E-state index < -0.39 is 0 Å². The number of rotatable bonds is 3. The predicted octanol–water partition coefficient (Wildman–Crippen LogP) is 3.03. The summed E-state index contributed by atoms with van der Waals surface area (Å²) in [5, 5.41) is 2.87.